The van der Waals surface area contributed by atoms with Gasteiger partial charge in [0.15, 0.2) is 5.65 Å². The molecule has 0 aliphatic rings. The Hall–Kier alpha value is -2.45. The maximum absolute atomic E-state index is 11.2. The largest absolute Gasteiger partial charge is 0.367 e. The topological polar surface area (TPSA) is 100 Å². The number of hydrogen-bond acceptors (Lipinski definition) is 6. The number of tetrazole rings is 1. The third kappa shape index (κ3) is 2.81. The lowest BCUT2D eigenvalue weighted by Crippen LogP contribution is -2.37. The quantitative estimate of drug-likeness (QED) is 0.689. The molecular formula is C9H14N8O. The summed E-state index contributed by atoms with van der Waals surface area (Å²) in [7, 11) is 3.38. The van der Waals surface area contributed by atoms with Gasteiger partial charge in [-0.2, -0.15) is 0 Å². The SMILES string of the molecule is CN(C)C(=O)NCCNc1ccc2nnnn2n1. The minimum absolute atomic E-state index is 0.124. The zero-order valence-electron chi connectivity index (χ0n) is 10.2. The van der Waals surface area contributed by atoms with E-state index in [-0.39, 0.29) is 6.03 Å². The van der Waals surface area contributed by atoms with Crippen LogP contribution in [0.2, 0.25) is 0 Å². The van der Waals surface area contributed by atoms with Gasteiger partial charge in [0.1, 0.15) is 5.82 Å². The molecule has 2 aromatic rings. The summed E-state index contributed by atoms with van der Waals surface area (Å²) in [4.78, 5) is 12.7. The van der Waals surface area contributed by atoms with Crippen molar-refractivity contribution in [1.82, 2.24) is 35.5 Å². The van der Waals surface area contributed by atoms with Crippen LogP contribution in [-0.2, 0) is 0 Å². The van der Waals surface area contributed by atoms with E-state index in [1.165, 1.54) is 9.53 Å². The predicted octanol–water partition coefficient (Wildman–Crippen LogP) is -0.798. The van der Waals surface area contributed by atoms with Crippen LogP contribution in [0.3, 0.4) is 0 Å². The highest BCUT2D eigenvalue weighted by atomic mass is 16.2. The lowest BCUT2D eigenvalue weighted by molar-refractivity contribution is 0.218. The molecule has 2 aromatic heterocycles. The normalized spacial score (nSPS) is 10.3. The fraction of sp³-hybridized carbons (Fsp3) is 0.444. The lowest BCUT2D eigenvalue weighted by atomic mass is 10.5. The van der Waals surface area contributed by atoms with Gasteiger partial charge in [0.2, 0.25) is 0 Å². The number of aromatic nitrogens is 5. The molecule has 0 radical (unpaired) electrons. The lowest BCUT2D eigenvalue weighted by Gasteiger charge is -2.12. The van der Waals surface area contributed by atoms with Crippen molar-refractivity contribution in [2.24, 2.45) is 0 Å². The van der Waals surface area contributed by atoms with Crippen molar-refractivity contribution in [3.63, 3.8) is 0 Å². The third-order valence-electron chi connectivity index (χ3n) is 2.18. The number of hydrogen-bond donors (Lipinski definition) is 2. The predicted molar refractivity (Wildman–Crippen MR) is 64.2 cm³/mol. The van der Waals surface area contributed by atoms with Crippen LogP contribution in [0.1, 0.15) is 0 Å². The first-order chi connectivity index (χ1) is 8.66. The van der Waals surface area contributed by atoms with Crippen LogP contribution in [0.25, 0.3) is 5.65 Å². The van der Waals surface area contributed by atoms with Crippen LogP contribution in [0.4, 0.5) is 10.6 Å². The number of urea groups is 1. The number of nitrogens with zero attached hydrogens (tertiary/aromatic N) is 6. The monoisotopic (exact) mass is 250 g/mol. The summed E-state index contributed by atoms with van der Waals surface area (Å²) in [5, 5.41) is 20.9. The smallest absolute Gasteiger partial charge is 0.316 e. The van der Waals surface area contributed by atoms with Crippen molar-refractivity contribution in [3.05, 3.63) is 12.1 Å². The summed E-state index contributed by atoms with van der Waals surface area (Å²) in [5.74, 6) is 0.647. The van der Waals surface area contributed by atoms with E-state index in [0.29, 0.717) is 24.6 Å². The molecule has 9 nitrogen and oxygen atoms in total. The van der Waals surface area contributed by atoms with Crippen molar-refractivity contribution in [2.75, 3.05) is 32.5 Å². The van der Waals surface area contributed by atoms with Gasteiger partial charge in [-0.25, -0.2) is 4.79 Å². The van der Waals surface area contributed by atoms with E-state index in [1.54, 1.807) is 26.2 Å². The molecule has 0 aromatic carbocycles. The van der Waals surface area contributed by atoms with Gasteiger partial charge in [0.05, 0.1) is 0 Å². The van der Waals surface area contributed by atoms with Crippen molar-refractivity contribution >= 4 is 17.5 Å². The molecule has 18 heavy (non-hydrogen) atoms. The van der Waals surface area contributed by atoms with E-state index >= 15 is 0 Å². The highest BCUT2D eigenvalue weighted by molar-refractivity contribution is 5.73. The minimum Gasteiger partial charge on any atom is -0.367 e. The summed E-state index contributed by atoms with van der Waals surface area (Å²) in [6, 6.07) is 3.41. The number of rotatable bonds is 4. The summed E-state index contributed by atoms with van der Waals surface area (Å²) in [5.41, 5.74) is 0.585. The molecule has 0 unspecified atom stereocenters. The van der Waals surface area contributed by atoms with Gasteiger partial charge in [-0.05, 0) is 22.6 Å². The molecule has 0 saturated heterocycles. The molecule has 2 rings (SSSR count). The first-order valence-electron chi connectivity index (χ1n) is 5.41. The second-order valence-electron chi connectivity index (χ2n) is 3.80. The molecule has 96 valence electrons. The van der Waals surface area contributed by atoms with E-state index in [1.807, 2.05) is 0 Å². The van der Waals surface area contributed by atoms with E-state index in [2.05, 4.69) is 31.3 Å². The minimum atomic E-state index is -0.124. The van der Waals surface area contributed by atoms with Crippen molar-refractivity contribution in [1.29, 1.82) is 0 Å². The Labute approximate surface area is 103 Å². The summed E-state index contributed by atoms with van der Waals surface area (Å²) in [6.45, 7) is 1.08. The zero-order valence-corrected chi connectivity index (χ0v) is 10.2. The van der Waals surface area contributed by atoms with E-state index in [9.17, 15) is 4.79 Å². The number of anilines is 1. The standard InChI is InChI=1S/C9H14N8O/c1-16(2)9(18)11-6-5-10-7-3-4-8-12-14-15-17(8)13-7/h3-4H,5-6H2,1-2H3,(H,10,13)(H,11,18). The number of amides is 2. The van der Waals surface area contributed by atoms with Crippen LogP contribution in [0.5, 0.6) is 0 Å². The molecule has 0 aliphatic carbocycles. The number of nitrogens with one attached hydrogen (secondary N) is 2. The molecule has 2 N–H and O–H groups in total. The molecule has 0 bridgehead atoms. The number of carbonyl (C=O) groups is 1. The van der Waals surface area contributed by atoms with Crippen LogP contribution in [0, 0.1) is 0 Å². The molecule has 0 atom stereocenters. The van der Waals surface area contributed by atoms with Crippen LogP contribution in [-0.4, -0.2) is 63.4 Å². The molecule has 0 saturated carbocycles. The summed E-state index contributed by atoms with van der Waals surface area (Å²) in [6.07, 6.45) is 0. The summed E-state index contributed by atoms with van der Waals surface area (Å²) < 4.78 is 1.33. The van der Waals surface area contributed by atoms with E-state index < -0.39 is 0 Å². The van der Waals surface area contributed by atoms with E-state index in [4.69, 9.17) is 0 Å². The van der Waals surface area contributed by atoms with E-state index in [0.717, 1.165) is 0 Å². The Bertz CT molecular complexity index is 536. The summed E-state index contributed by atoms with van der Waals surface area (Å²) >= 11 is 0. The van der Waals surface area contributed by atoms with Crippen LogP contribution < -0.4 is 10.6 Å². The molecule has 2 amide bonds. The van der Waals surface area contributed by atoms with Gasteiger partial charge >= 0.3 is 6.03 Å². The molecule has 0 fully saturated rings. The van der Waals surface area contributed by atoms with Crippen LogP contribution >= 0.6 is 0 Å². The van der Waals surface area contributed by atoms with Gasteiger partial charge in [-0.3, -0.25) is 0 Å². The van der Waals surface area contributed by atoms with Gasteiger partial charge in [-0.15, -0.1) is 14.8 Å². The van der Waals surface area contributed by atoms with Crippen molar-refractivity contribution in [2.45, 2.75) is 0 Å². The van der Waals surface area contributed by atoms with Gasteiger partial charge in [-0.1, -0.05) is 0 Å². The molecule has 0 spiro atoms. The Kier molecular flexibility index (Phi) is 3.51. The Morgan fingerprint density at radius 2 is 2.22 bits per heavy atom. The van der Waals surface area contributed by atoms with Gasteiger partial charge < -0.3 is 15.5 Å². The second-order valence-corrected chi connectivity index (χ2v) is 3.80. The maximum Gasteiger partial charge on any atom is 0.316 e. The zero-order chi connectivity index (χ0) is 13.0. The first kappa shape index (κ1) is 12.0. The fourth-order valence-electron chi connectivity index (χ4n) is 1.26. The molecular weight excluding hydrogens is 236 g/mol. The Balaban J connectivity index is 1.81. The highest BCUT2D eigenvalue weighted by Crippen LogP contribution is 2.01. The average Bonchev–Trinajstić information content (AvgIpc) is 2.81. The maximum atomic E-state index is 11.2. The highest BCUT2D eigenvalue weighted by Gasteiger charge is 2.02. The first-order valence-corrected chi connectivity index (χ1v) is 5.41. The van der Waals surface area contributed by atoms with Gasteiger partial charge in [0, 0.05) is 27.2 Å². The second kappa shape index (κ2) is 5.25. The average molecular weight is 250 g/mol. The fourth-order valence-corrected chi connectivity index (χ4v) is 1.26. The number of carbonyl (C=O) groups excluding carboxylic acids is 1. The number of fused-ring (bicyclic) bond motifs is 1. The van der Waals surface area contributed by atoms with Crippen LogP contribution in [0.15, 0.2) is 12.1 Å². The van der Waals surface area contributed by atoms with Crippen molar-refractivity contribution < 1.29 is 4.79 Å². The molecule has 0 aliphatic heterocycles. The van der Waals surface area contributed by atoms with Crippen molar-refractivity contribution in [3.8, 4) is 0 Å². The van der Waals surface area contributed by atoms with Gasteiger partial charge in [0.25, 0.3) is 0 Å². The molecule has 9 heteroatoms. The molecule has 2 heterocycles. The Morgan fingerprint density at radius 3 is 3.00 bits per heavy atom. The Morgan fingerprint density at radius 1 is 1.39 bits per heavy atom. The third-order valence-corrected chi connectivity index (χ3v) is 2.18.